The van der Waals surface area contributed by atoms with E-state index in [1.807, 2.05) is 13.1 Å². The highest BCUT2D eigenvalue weighted by Gasteiger charge is 2.27. The van der Waals surface area contributed by atoms with Gasteiger partial charge in [0.05, 0.1) is 4.90 Å². The van der Waals surface area contributed by atoms with Crippen molar-refractivity contribution in [2.75, 3.05) is 45.1 Å². The first-order valence-corrected chi connectivity index (χ1v) is 9.07. The zero-order valence-corrected chi connectivity index (χ0v) is 13.3. The molecule has 0 atom stereocenters. The fourth-order valence-corrected chi connectivity index (χ4v) is 4.51. The molecule has 6 heteroatoms. The number of nitrogens with one attached hydrogen (secondary N) is 1. The molecule has 0 aliphatic carbocycles. The molecule has 2 aliphatic heterocycles. The monoisotopic (exact) mass is 309 g/mol. The second-order valence-corrected chi connectivity index (χ2v) is 7.85. The van der Waals surface area contributed by atoms with Crippen LogP contribution in [0.5, 0.6) is 0 Å². The number of fused-ring (bicyclic) bond motifs is 1. The molecule has 5 nitrogen and oxygen atoms in total. The van der Waals surface area contributed by atoms with Crippen LogP contribution >= 0.6 is 0 Å². The van der Waals surface area contributed by atoms with Gasteiger partial charge in [0.2, 0.25) is 10.0 Å². The van der Waals surface area contributed by atoms with Crippen LogP contribution in [-0.4, -0.2) is 57.4 Å². The smallest absolute Gasteiger partial charge is 0.243 e. The largest absolute Gasteiger partial charge is 0.385 e. The molecule has 3 rings (SSSR count). The van der Waals surface area contributed by atoms with E-state index < -0.39 is 10.0 Å². The average Bonchev–Trinajstić information content (AvgIpc) is 2.72. The zero-order valence-electron chi connectivity index (χ0n) is 12.5. The molecule has 1 saturated heterocycles. The SMILES string of the molecule is CN1CCCN(S(=O)(=O)c2ccc3c(c2)NCCC3)CC1. The number of sulfonamides is 1. The van der Waals surface area contributed by atoms with Crippen LogP contribution in [0.1, 0.15) is 18.4 Å². The summed E-state index contributed by atoms with van der Waals surface area (Å²) in [6.45, 7) is 3.85. The molecular weight excluding hydrogens is 286 g/mol. The third-order valence-corrected chi connectivity index (χ3v) is 6.23. The molecule has 0 aromatic heterocycles. The Morgan fingerprint density at radius 3 is 2.81 bits per heavy atom. The predicted molar refractivity (Wildman–Crippen MR) is 84.1 cm³/mol. The van der Waals surface area contributed by atoms with Crippen molar-refractivity contribution in [1.82, 2.24) is 9.21 Å². The quantitative estimate of drug-likeness (QED) is 0.896. The van der Waals surface area contributed by atoms with E-state index in [1.165, 1.54) is 5.56 Å². The maximum absolute atomic E-state index is 12.8. The van der Waals surface area contributed by atoms with Gasteiger partial charge >= 0.3 is 0 Å². The van der Waals surface area contributed by atoms with Crippen LogP contribution in [0.15, 0.2) is 23.1 Å². The summed E-state index contributed by atoms with van der Waals surface area (Å²) in [6, 6.07) is 5.52. The van der Waals surface area contributed by atoms with Crippen molar-refractivity contribution in [2.45, 2.75) is 24.2 Å². The first kappa shape index (κ1) is 14.8. The van der Waals surface area contributed by atoms with Crippen LogP contribution in [-0.2, 0) is 16.4 Å². The average molecular weight is 309 g/mol. The molecule has 1 N–H and O–H groups in total. The Bertz CT molecular complexity index is 615. The van der Waals surface area contributed by atoms with Crippen LogP contribution in [0.3, 0.4) is 0 Å². The van der Waals surface area contributed by atoms with Crippen LogP contribution in [0.4, 0.5) is 5.69 Å². The van der Waals surface area contributed by atoms with E-state index in [0.717, 1.165) is 44.6 Å². The minimum Gasteiger partial charge on any atom is -0.385 e. The highest BCUT2D eigenvalue weighted by Crippen LogP contribution is 2.27. The summed E-state index contributed by atoms with van der Waals surface area (Å²) in [7, 11) is -1.33. The van der Waals surface area contributed by atoms with E-state index in [4.69, 9.17) is 0 Å². The van der Waals surface area contributed by atoms with Gasteiger partial charge in [-0.1, -0.05) is 6.07 Å². The number of likely N-dealkylation sites (N-methyl/N-ethyl adjacent to an activating group) is 1. The lowest BCUT2D eigenvalue weighted by molar-refractivity contribution is 0.347. The molecular formula is C15H23N3O2S. The van der Waals surface area contributed by atoms with Gasteiger partial charge in [-0.05, 0) is 50.6 Å². The fourth-order valence-electron chi connectivity index (χ4n) is 3.01. The summed E-state index contributed by atoms with van der Waals surface area (Å²) in [6.07, 6.45) is 3.02. The highest BCUT2D eigenvalue weighted by atomic mass is 32.2. The number of hydrogen-bond acceptors (Lipinski definition) is 4. The predicted octanol–water partition coefficient (Wildman–Crippen LogP) is 1.37. The first-order chi connectivity index (χ1) is 10.1. The van der Waals surface area contributed by atoms with Crippen LogP contribution in [0, 0.1) is 0 Å². The molecule has 0 bridgehead atoms. The maximum Gasteiger partial charge on any atom is 0.243 e. The summed E-state index contributed by atoms with van der Waals surface area (Å²) in [5.74, 6) is 0. The van der Waals surface area contributed by atoms with E-state index >= 15 is 0 Å². The van der Waals surface area contributed by atoms with E-state index in [9.17, 15) is 8.42 Å². The zero-order chi connectivity index (χ0) is 14.9. The Hall–Kier alpha value is -1.11. The van der Waals surface area contributed by atoms with E-state index in [2.05, 4.69) is 10.2 Å². The minimum absolute atomic E-state index is 0.417. The number of benzene rings is 1. The second kappa shape index (κ2) is 5.94. The fraction of sp³-hybridized carbons (Fsp3) is 0.600. The third-order valence-electron chi connectivity index (χ3n) is 4.34. The van der Waals surface area contributed by atoms with Crippen LogP contribution < -0.4 is 5.32 Å². The van der Waals surface area contributed by atoms with Gasteiger partial charge in [-0.15, -0.1) is 0 Å². The summed E-state index contributed by atoms with van der Waals surface area (Å²) in [4.78, 5) is 2.60. The van der Waals surface area contributed by atoms with E-state index in [-0.39, 0.29) is 0 Å². The van der Waals surface area contributed by atoms with Gasteiger partial charge in [0, 0.05) is 31.9 Å². The molecule has 1 aromatic rings. The summed E-state index contributed by atoms with van der Waals surface area (Å²) >= 11 is 0. The lowest BCUT2D eigenvalue weighted by atomic mass is 10.0. The third kappa shape index (κ3) is 3.07. The van der Waals surface area contributed by atoms with Gasteiger partial charge in [0.1, 0.15) is 0 Å². The molecule has 0 radical (unpaired) electrons. The van der Waals surface area contributed by atoms with Gasteiger partial charge < -0.3 is 10.2 Å². The molecule has 21 heavy (non-hydrogen) atoms. The van der Waals surface area contributed by atoms with E-state index in [1.54, 1.807) is 16.4 Å². The molecule has 0 saturated carbocycles. The number of aryl methyl sites for hydroxylation is 1. The Labute approximate surface area is 127 Å². The van der Waals surface area contributed by atoms with Crippen LogP contribution in [0.25, 0.3) is 0 Å². The Morgan fingerprint density at radius 2 is 1.95 bits per heavy atom. The summed E-state index contributed by atoms with van der Waals surface area (Å²) < 4.78 is 27.3. The van der Waals surface area contributed by atoms with Crippen molar-refractivity contribution >= 4 is 15.7 Å². The number of anilines is 1. The first-order valence-electron chi connectivity index (χ1n) is 7.63. The van der Waals surface area contributed by atoms with Gasteiger partial charge in [0.15, 0.2) is 0 Å². The minimum atomic E-state index is -3.38. The lowest BCUT2D eigenvalue weighted by Crippen LogP contribution is -2.34. The normalized spacial score (nSPS) is 21.4. The van der Waals surface area contributed by atoms with E-state index in [0.29, 0.717) is 18.0 Å². The molecule has 2 heterocycles. The van der Waals surface area contributed by atoms with Crippen LogP contribution in [0.2, 0.25) is 0 Å². The van der Waals surface area contributed by atoms with Crippen molar-refractivity contribution in [3.05, 3.63) is 23.8 Å². The van der Waals surface area contributed by atoms with Crippen molar-refractivity contribution in [1.29, 1.82) is 0 Å². The lowest BCUT2D eigenvalue weighted by Gasteiger charge is -2.23. The Balaban J connectivity index is 1.87. The topological polar surface area (TPSA) is 52.7 Å². The Morgan fingerprint density at radius 1 is 1.10 bits per heavy atom. The number of rotatable bonds is 2. The summed E-state index contributed by atoms with van der Waals surface area (Å²) in [5, 5.41) is 3.31. The molecule has 0 unspecified atom stereocenters. The molecule has 116 valence electrons. The summed E-state index contributed by atoms with van der Waals surface area (Å²) in [5.41, 5.74) is 2.20. The molecule has 0 spiro atoms. The van der Waals surface area contributed by atoms with Crippen molar-refractivity contribution in [3.63, 3.8) is 0 Å². The number of hydrogen-bond donors (Lipinski definition) is 1. The van der Waals surface area contributed by atoms with Crippen molar-refractivity contribution in [2.24, 2.45) is 0 Å². The standard InChI is InChI=1S/C15H23N3O2S/c1-17-8-3-9-18(11-10-17)21(19,20)14-6-5-13-4-2-7-16-15(13)12-14/h5-6,12,16H,2-4,7-11H2,1H3. The Kier molecular flexibility index (Phi) is 4.19. The van der Waals surface area contributed by atoms with Crippen molar-refractivity contribution in [3.8, 4) is 0 Å². The highest BCUT2D eigenvalue weighted by molar-refractivity contribution is 7.89. The maximum atomic E-state index is 12.8. The molecule has 2 aliphatic rings. The number of nitrogens with zero attached hydrogens (tertiary/aromatic N) is 2. The second-order valence-electron chi connectivity index (χ2n) is 5.91. The van der Waals surface area contributed by atoms with Gasteiger partial charge in [-0.2, -0.15) is 4.31 Å². The molecule has 0 amide bonds. The molecule has 1 aromatic carbocycles. The van der Waals surface area contributed by atoms with Gasteiger partial charge in [-0.3, -0.25) is 0 Å². The van der Waals surface area contributed by atoms with Crippen molar-refractivity contribution < 1.29 is 8.42 Å². The molecule has 1 fully saturated rings. The van der Waals surface area contributed by atoms with Gasteiger partial charge in [0.25, 0.3) is 0 Å². The van der Waals surface area contributed by atoms with Gasteiger partial charge in [-0.25, -0.2) is 8.42 Å².